The number of halogens is 2. The SMILES string of the molecule is Cc1ccc(COc2c(Br)cc(C3=NCCS3)cc2Br)cc1. The summed E-state index contributed by atoms with van der Waals surface area (Å²) in [5, 5.41) is 1.10. The third kappa shape index (κ3) is 3.76. The maximum atomic E-state index is 5.97. The number of nitrogens with zero attached hydrogens (tertiary/aromatic N) is 1. The van der Waals surface area contributed by atoms with Gasteiger partial charge in [0.05, 0.1) is 14.0 Å². The molecule has 0 unspecified atom stereocenters. The number of aryl methyl sites for hydroxylation is 1. The molecule has 22 heavy (non-hydrogen) atoms. The fourth-order valence-corrected chi connectivity index (χ4v) is 4.43. The summed E-state index contributed by atoms with van der Waals surface area (Å²) >= 11 is 9.02. The summed E-state index contributed by atoms with van der Waals surface area (Å²) in [5.41, 5.74) is 3.54. The number of hydrogen-bond acceptors (Lipinski definition) is 3. The van der Waals surface area contributed by atoms with Gasteiger partial charge >= 0.3 is 0 Å². The molecule has 0 aliphatic carbocycles. The van der Waals surface area contributed by atoms with E-state index in [0.717, 1.165) is 43.2 Å². The molecule has 2 nitrogen and oxygen atoms in total. The van der Waals surface area contributed by atoms with Gasteiger partial charge in [0.15, 0.2) is 0 Å². The highest BCUT2D eigenvalue weighted by Crippen LogP contribution is 2.37. The minimum absolute atomic E-state index is 0.548. The van der Waals surface area contributed by atoms with E-state index in [1.165, 1.54) is 5.56 Å². The fourth-order valence-electron chi connectivity index (χ4n) is 2.17. The van der Waals surface area contributed by atoms with Crippen LogP contribution < -0.4 is 4.74 Å². The van der Waals surface area contributed by atoms with E-state index in [-0.39, 0.29) is 0 Å². The molecule has 0 fully saturated rings. The van der Waals surface area contributed by atoms with Gasteiger partial charge in [-0.05, 0) is 56.5 Å². The van der Waals surface area contributed by atoms with Gasteiger partial charge in [-0.3, -0.25) is 4.99 Å². The van der Waals surface area contributed by atoms with Crippen molar-refractivity contribution in [1.82, 2.24) is 0 Å². The van der Waals surface area contributed by atoms with Crippen molar-refractivity contribution in [1.29, 1.82) is 0 Å². The van der Waals surface area contributed by atoms with Gasteiger partial charge in [-0.25, -0.2) is 0 Å². The topological polar surface area (TPSA) is 21.6 Å². The Morgan fingerprint density at radius 1 is 1.14 bits per heavy atom. The average Bonchev–Trinajstić information content (AvgIpc) is 3.02. The van der Waals surface area contributed by atoms with Crippen LogP contribution in [-0.2, 0) is 6.61 Å². The Hall–Kier alpha value is -0.780. The highest BCUT2D eigenvalue weighted by atomic mass is 79.9. The van der Waals surface area contributed by atoms with E-state index in [9.17, 15) is 0 Å². The largest absolute Gasteiger partial charge is 0.487 e. The summed E-state index contributed by atoms with van der Waals surface area (Å²) in [4.78, 5) is 4.52. The second-order valence-corrected chi connectivity index (χ2v) is 7.87. The molecule has 3 rings (SSSR count). The van der Waals surface area contributed by atoms with Crippen molar-refractivity contribution in [2.45, 2.75) is 13.5 Å². The summed E-state index contributed by atoms with van der Waals surface area (Å²) in [7, 11) is 0. The molecule has 0 spiro atoms. The molecular formula is C17H15Br2NOS. The van der Waals surface area contributed by atoms with Gasteiger partial charge in [-0.15, -0.1) is 11.8 Å². The van der Waals surface area contributed by atoms with Gasteiger partial charge in [-0.1, -0.05) is 29.8 Å². The molecule has 2 aromatic rings. The van der Waals surface area contributed by atoms with Crippen molar-refractivity contribution in [3.63, 3.8) is 0 Å². The predicted octanol–water partition coefficient (Wildman–Crippen LogP) is 5.59. The van der Waals surface area contributed by atoms with Crippen molar-refractivity contribution in [3.05, 3.63) is 62.0 Å². The van der Waals surface area contributed by atoms with Crippen LogP contribution in [0.1, 0.15) is 16.7 Å². The Morgan fingerprint density at radius 2 is 1.82 bits per heavy atom. The van der Waals surface area contributed by atoms with Crippen LogP contribution in [0.3, 0.4) is 0 Å². The van der Waals surface area contributed by atoms with Gasteiger partial charge in [0.25, 0.3) is 0 Å². The van der Waals surface area contributed by atoms with Crippen LogP contribution in [0.5, 0.6) is 5.75 Å². The van der Waals surface area contributed by atoms with Crippen LogP contribution >= 0.6 is 43.6 Å². The molecule has 1 aliphatic rings. The second kappa shape index (κ2) is 7.20. The third-order valence-corrected chi connectivity index (χ3v) is 5.54. The zero-order valence-electron chi connectivity index (χ0n) is 12.1. The number of ether oxygens (including phenoxy) is 1. The van der Waals surface area contributed by atoms with Crippen molar-refractivity contribution >= 4 is 48.7 Å². The standard InChI is InChI=1S/C17H15Br2NOS/c1-11-2-4-12(5-3-11)10-21-16-14(18)8-13(9-15(16)19)17-20-6-7-22-17/h2-5,8-9H,6-7,10H2,1H3. The van der Waals surface area contributed by atoms with E-state index in [4.69, 9.17) is 4.74 Å². The Morgan fingerprint density at radius 3 is 2.41 bits per heavy atom. The first-order valence-electron chi connectivity index (χ1n) is 6.98. The number of thioether (sulfide) groups is 1. The molecule has 0 saturated carbocycles. The Bertz CT molecular complexity index is 690. The summed E-state index contributed by atoms with van der Waals surface area (Å²) in [6.07, 6.45) is 0. The summed E-state index contributed by atoms with van der Waals surface area (Å²) in [5.74, 6) is 1.89. The normalized spacial score (nSPS) is 14.0. The van der Waals surface area contributed by atoms with E-state index >= 15 is 0 Å². The molecule has 1 heterocycles. The molecular weight excluding hydrogens is 426 g/mol. The third-order valence-electron chi connectivity index (χ3n) is 3.33. The Kier molecular flexibility index (Phi) is 5.26. The minimum Gasteiger partial charge on any atom is -0.487 e. The molecule has 0 bridgehead atoms. The molecule has 2 aromatic carbocycles. The molecule has 5 heteroatoms. The number of aliphatic imine (C=N–C) groups is 1. The van der Waals surface area contributed by atoms with Crippen LogP contribution in [0.4, 0.5) is 0 Å². The summed E-state index contributed by atoms with van der Waals surface area (Å²) in [6.45, 7) is 3.54. The lowest BCUT2D eigenvalue weighted by Gasteiger charge is -2.12. The maximum absolute atomic E-state index is 5.97. The highest BCUT2D eigenvalue weighted by Gasteiger charge is 2.15. The monoisotopic (exact) mass is 439 g/mol. The zero-order chi connectivity index (χ0) is 15.5. The van der Waals surface area contributed by atoms with Crippen molar-refractivity contribution in [2.24, 2.45) is 4.99 Å². The zero-order valence-corrected chi connectivity index (χ0v) is 16.1. The van der Waals surface area contributed by atoms with Gasteiger partial charge in [0, 0.05) is 17.9 Å². The molecule has 0 N–H and O–H groups in total. The van der Waals surface area contributed by atoms with E-state index in [2.05, 4.69) is 80.2 Å². The van der Waals surface area contributed by atoms with Crippen molar-refractivity contribution in [3.8, 4) is 5.75 Å². The van der Waals surface area contributed by atoms with Crippen molar-refractivity contribution < 1.29 is 4.74 Å². The number of benzene rings is 2. The Labute approximate surface area is 151 Å². The molecule has 0 atom stereocenters. The van der Waals surface area contributed by atoms with Crippen molar-refractivity contribution in [2.75, 3.05) is 12.3 Å². The predicted molar refractivity (Wildman–Crippen MR) is 101 cm³/mol. The van der Waals surface area contributed by atoms with Gasteiger partial charge in [-0.2, -0.15) is 0 Å². The molecule has 0 saturated heterocycles. The average molecular weight is 441 g/mol. The molecule has 114 valence electrons. The van der Waals surface area contributed by atoms with E-state index < -0.39 is 0 Å². The summed E-state index contributed by atoms with van der Waals surface area (Å²) in [6, 6.07) is 12.5. The van der Waals surface area contributed by atoms with Gasteiger partial charge < -0.3 is 4.74 Å². The number of rotatable bonds is 4. The minimum atomic E-state index is 0.548. The van der Waals surface area contributed by atoms with Crippen LogP contribution in [0.2, 0.25) is 0 Å². The Balaban J connectivity index is 1.77. The lowest BCUT2D eigenvalue weighted by Crippen LogP contribution is -1.99. The van der Waals surface area contributed by atoms with E-state index in [1.807, 2.05) is 0 Å². The smallest absolute Gasteiger partial charge is 0.148 e. The van der Waals surface area contributed by atoms with Crippen LogP contribution in [0, 0.1) is 6.92 Å². The molecule has 0 aromatic heterocycles. The molecule has 0 amide bonds. The van der Waals surface area contributed by atoms with Crippen LogP contribution in [0.15, 0.2) is 50.3 Å². The lowest BCUT2D eigenvalue weighted by atomic mass is 10.2. The van der Waals surface area contributed by atoms with Crippen LogP contribution in [0.25, 0.3) is 0 Å². The summed E-state index contributed by atoms with van der Waals surface area (Å²) < 4.78 is 7.86. The van der Waals surface area contributed by atoms with Gasteiger partial charge in [0.2, 0.25) is 0 Å². The first-order chi connectivity index (χ1) is 10.6. The fraction of sp³-hybridized carbons (Fsp3) is 0.235. The first kappa shape index (κ1) is 16.1. The van der Waals surface area contributed by atoms with E-state index in [1.54, 1.807) is 11.8 Å². The first-order valence-corrected chi connectivity index (χ1v) is 9.55. The van der Waals surface area contributed by atoms with Gasteiger partial charge in [0.1, 0.15) is 12.4 Å². The lowest BCUT2D eigenvalue weighted by molar-refractivity contribution is 0.302. The molecule has 1 aliphatic heterocycles. The highest BCUT2D eigenvalue weighted by molar-refractivity contribution is 9.11. The van der Waals surface area contributed by atoms with E-state index in [0.29, 0.717) is 6.61 Å². The quantitative estimate of drug-likeness (QED) is 0.617. The van der Waals surface area contributed by atoms with Crippen LogP contribution in [-0.4, -0.2) is 17.3 Å². The molecule has 0 radical (unpaired) electrons. The number of hydrogen-bond donors (Lipinski definition) is 0. The maximum Gasteiger partial charge on any atom is 0.148 e. The second-order valence-electron chi connectivity index (χ2n) is 5.08.